The Bertz CT molecular complexity index is 269. The van der Waals surface area contributed by atoms with E-state index in [-0.39, 0.29) is 17.9 Å². The van der Waals surface area contributed by atoms with Crippen molar-refractivity contribution in [2.75, 3.05) is 6.61 Å². The molecule has 1 amide bonds. The summed E-state index contributed by atoms with van der Waals surface area (Å²) in [4.78, 5) is 22.7. The minimum absolute atomic E-state index is 0.00528. The van der Waals surface area contributed by atoms with Gasteiger partial charge in [-0.05, 0) is 27.2 Å². The maximum atomic E-state index is 11.7. The van der Waals surface area contributed by atoms with Crippen molar-refractivity contribution in [2.45, 2.75) is 46.1 Å². The Kier molecular flexibility index (Phi) is 7.25. The third kappa shape index (κ3) is 5.53. The lowest BCUT2D eigenvalue weighted by Crippen LogP contribution is -2.28. The topological polar surface area (TPSA) is 46.4 Å². The molecular weight excluding hydrogens is 206 g/mol. The van der Waals surface area contributed by atoms with E-state index in [0.29, 0.717) is 25.9 Å². The van der Waals surface area contributed by atoms with Crippen molar-refractivity contribution in [3.8, 4) is 0 Å². The second kappa shape index (κ2) is 7.91. The molecule has 0 rings (SSSR count). The van der Waals surface area contributed by atoms with E-state index in [9.17, 15) is 9.59 Å². The molecule has 0 aliphatic carbocycles. The molecule has 0 aromatic carbocycles. The molecule has 4 heteroatoms. The lowest BCUT2D eigenvalue weighted by molar-refractivity contribution is -0.476. The van der Waals surface area contributed by atoms with Gasteiger partial charge in [0.1, 0.15) is 0 Å². The molecule has 0 heterocycles. The van der Waals surface area contributed by atoms with Crippen LogP contribution < -0.4 is 0 Å². The quantitative estimate of drug-likeness (QED) is 0.299. The fourth-order valence-corrected chi connectivity index (χ4v) is 1.35. The molecule has 0 bridgehead atoms. The first kappa shape index (κ1) is 14.7. The summed E-state index contributed by atoms with van der Waals surface area (Å²) in [5.74, 6) is -0.251. The van der Waals surface area contributed by atoms with Crippen LogP contribution in [0.1, 0.15) is 40.0 Å². The Hall–Kier alpha value is -1.32. The van der Waals surface area contributed by atoms with Crippen molar-refractivity contribution in [1.82, 2.24) is 0 Å². The fraction of sp³-hybridized carbons (Fsp3) is 0.667. The van der Waals surface area contributed by atoms with Crippen molar-refractivity contribution in [1.29, 1.82) is 0 Å². The standard InChI is InChI=1S/C12H21NO3/c1-5-13(10(3)4)11(14)8-7-9-12(15)16-6-2/h5,10H,1,6-9H2,2-4H3/b13-5+. The molecular formula is C12H21NO3. The lowest BCUT2D eigenvalue weighted by atomic mass is 10.2. The summed E-state index contributed by atoms with van der Waals surface area (Å²) in [6.07, 6.45) is 2.69. The molecule has 0 unspecified atom stereocenters. The monoisotopic (exact) mass is 227 g/mol. The van der Waals surface area contributed by atoms with Gasteiger partial charge in [-0.2, -0.15) is 4.58 Å². The Morgan fingerprint density at radius 1 is 1.38 bits per heavy atom. The van der Waals surface area contributed by atoms with E-state index in [2.05, 4.69) is 6.92 Å². The molecule has 0 saturated heterocycles. The van der Waals surface area contributed by atoms with Gasteiger partial charge in [0, 0.05) is 12.6 Å². The van der Waals surface area contributed by atoms with E-state index in [1.54, 1.807) is 11.5 Å². The van der Waals surface area contributed by atoms with Crippen molar-refractivity contribution in [3.63, 3.8) is 0 Å². The Morgan fingerprint density at radius 3 is 2.44 bits per heavy atom. The molecule has 0 atom stereocenters. The second-order valence-corrected chi connectivity index (χ2v) is 3.74. The summed E-state index contributed by atoms with van der Waals surface area (Å²) >= 11 is 0. The first-order valence-electron chi connectivity index (χ1n) is 5.62. The van der Waals surface area contributed by atoms with Crippen molar-refractivity contribution >= 4 is 18.1 Å². The van der Waals surface area contributed by atoms with Crippen LogP contribution in [0.3, 0.4) is 0 Å². The van der Waals surface area contributed by atoms with Crippen LogP contribution >= 0.6 is 0 Å². The van der Waals surface area contributed by atoms with Gasteiger partial charge in [-0.1, -0.05) is 0 Å². The smallest absolute Gasteiger partial charge is 0.384 e. The first-order valence-corrected chi connectivity index (χ1v) is 5.62. The highest BCUT2D eigenvalue weighted by Gasteiger charge is 2.18. The lowest BCUT2D eigenvalue weighted by Gasteiger charge is -2.06. The van der Waals surface area contributed by atoms with Gasteiger partial charge in [0.2, 0.25) is 0 Å². The van der Waals surface area contributed by atoms with Gasteiger partial charge in [0.15, 0.2) is 6.04 Å². The average molecular weight is 227 g/mol. The molecule has 0 radical (unpaired) electrons. The van der Waals surface area contributed by atoms with Crippen LogP contribution in [-0.4, -0.2) is 35.3 Å². The van der Waals surface area contributed by atoms with E-state index in [1.165, 1.54) is 6.21 Å². The average Bonchev–Trinajstić information content (AvgIpc) is 2.18. The van der Waals surface area contributed by atoms with E-state index >= 15 is 0 Å². The number of ether oxygens (including phenoxy) is 1. The van der Waals surface area contributed by atoms with Gasteiger partial charge in [-0.25, -0.2) is 4.79 Å². The van der Waals surface area contributed by atoms with Crippen molar-refractivity contribution in [2.24, 2.45) is 0 Å². The molecule has 92 valence electrons. The summed E-state index contributed by atoms with van der Waals surface area (Å²) < 4.78 is 6.35. The van der Waals surface area contributed by atoms with Gasteiger partial charge in [-0.3, -0.25) is 4.79 Å². The largest absolute Gasteiger partial charge is 0.466 e. The van der Waals surface area contributed by atoms with E-state index in [4.69, 9.17) is 4.74 Å². The summed E-state index contributed by atoms with van der Waals surface area (Å²) in [5.41, 5.74) is 0. The number of esters is 1. The summed E-state index contributed by atoms with van der Waals surface area (Å²) in [5, 5.41) is 0. The predicted molar refractivity (Wildman–Crippen MR) is 62.3 cm³/mol. The number of hydrogen-bond acceptors (Lipinski definition) is 3. The number of hydrogen-bond donors (Lipinski definition) is 0. The van der Waals surface area contributed by atoms with Crippen LogP contribution in [0.5, 0.6) is 0 Å². The molecule has 16 heavy (non-hydrogen) atoms. The molecule has 0 fully saturated rings. The van der Waals surface area contributed by atoms with Crippen LogP contribution in [0.15, 0.2) is 0 Å². The number of carbonyl (C=O) groups excluding carboxylic acids is 2. The highest BCUT2D eigenvalue weighted by molar-refractivity contribution is 5.75. The molecule has 0 aliphatic rings. The van der Waals surface area contributed by atoms with E-state index in [0.717, 1.165) is 0 Å². The molecule has 0 saturated carbocycles. The molecule has 0 N–H and O–H groups in total. The summed E-state index contributed by atoms with van der Waals surface area (Å²) in [7, 11) is 0. The number of amides is 1. The molecule has 0 aliphatic heterocycles. The van der Waals surface area contributed by atoms with Crippen LogP contribution in [0.25, 0.3) is 0 Å². The molecule has 0 aromatic rings. The Morgan fingerprint density at radius 2 is 2.00 bits per heavy atom. The maximum Gasteiger partial charge on any atom is 0.384 e. The normalized spacial score (nSPS) is 11.6. The SMILES string of the molecule is [CH2-]/C=[N+](/C(=O)CCCC(=O)OCC)C(C)C. The predicted octanol–water partition coefficient (Wildman–Crippen LogP) is 1.57. The van der Waals surface area contributed by atoms with Crippen molar-refractivity contribution < 1.29 is 18.9 Å². The Balaban J connectivity index is 3.94. The number of nitrogens with zero attached hydrogens (tertiary/aromatic N) is 1. The molecule has 0 spiro atoms. The zero-order valence-corrected chi connectivity index (χ0v) is 10.4. The van der Waals surface area contributed by atoms with Gasteiger partial charge in [0.25, 0.3) is 0 Å². The van der Waals surface area contributed by atoms with E-state index < -0.39 is 0 Å². The van der Waals surface area contributed by atoms with E-state index in [1.807, 2.05) is 13.8 Å². The zero-order valence-electron chi connectivity index (χ0n) is 10.4. The van der Waals surface area contributed by atoms with Crippen LogP contribution in [0.2, 0.25) is 0 Å². The highest BCUT2D eigenvalue weighted by Crippen LogP contribution is 2.01. The zero-order chi connectivity index (χ0) is 12.6. The van der Waals surface area contributed by atoms with Crippen LogP contribution in [0.4, 0.5) is 0 Å². The van der Waals surface area contributed by atoms with Gasteiger partial charge in [0.05, 0.1) is 13.0 Å². The molecule has 4 nitrogen and oxygen atoms in total. The fourth-order valence-electron chi connectivity index (χ4n) is 1.35. The van der Waals surface area contributed by atoms with Gasteiger partial charge in [-0.15, -0.1) is 0 Å². The second-order valence-electron chi connectivity index (χ2n) is 3.74. The van der Waals surface area contributed by atoms with Gasteiger partial charge < -0.3 is 11.7 Å². The maximum absolute atomic E-state index is 11.7. The highest BCUT2D eigenvalue weighted by atomic mass is 16.5. The number of carbonyl (C=O) groups is 2. The minimum Gasteiger partial charge on any atom is -0.466 e. The van der Waals surface area contributed by atoms with Crippen LogP contribution in [-0.2, 0) is 14.3 Å². The third-order valence-electron chi connectivity index (χ3n) is 2.12. The van der Waals surface area contributed by atoms with Crippen LogP contribution in [0, 0.1) is 6.92 Å². The summed E-state index contributed by atoms with van der Waals surface area (Å²) in [6, 6.07) is 0.104. The summed E-state index contributed by atoms with van der Waals surface area (Å²) in [6.45, 7) is 9.58. The molecule has 0 aromatic heterocycles. The first-order chi connectivity index (χ1) is 7.52. The van der Waals surface area contributed by atoms with Crippen molar-refractivity contribution in [3.05, 3.63) is 6.92 Å². The Labute approximate surface area is 97.3 Å². The van der Waals surface area contributed by atoms with Gasteiger partial charge >= 0.3 is 11.9 Å². The number of rotatable bonds is 6. The third-order valence-corrected chi connectivity index (χ3v) is 2.12. The minimum atomic E-state index is -0.245.